The number of carbonyl (C=O) groups excluding carboxylic acids is 2. The van der Waals surface area contributed by atoms with Crippen LogP contribution in [0.1, 0.15) is 90.9 Å². The van der Waals surface area contributed by atoms with E-state index in [-0.39, 0.29) is 0 Å². The largest absolute Gasteiger partial charge is 0.464 e. The fraction of sp³-hybridized carbons (Fsp3) is 0.900. The Labute approximate surface area is 152 Å². The highest BCUT2D eigenvalue weighted by Crippen LogP contribution is 2.25. The molecular formula is C20H36O5. The summed E-state index contributed by atoms with van der Waals surface area (Å²) < 4.78 is 15.4. The molecule has 0 radical (unpaired) electrons. The van der Waals surface area contributed by atoms with E-state index in [1.165, 1.54) is 51.4 Å². The van der Waals surface area contributed by atoms with Crippen LogP contribution in [0.5, 0.6) is 0 Å². The summed E-state index contributed by atoms with van der Waals surface area (Å²) in [5, 5.41) is 0. The van der Waals surface area contributed by atoms with Gasteiger partial charge < -0.3 is 14.2 Å². The predicted molar refractivity (Wildman–Crippen MR) is 97.3 cm³/mol. The average Bonchev–Trinajstić information content (AvgIpc) is 3.41. The van der Waals surface area contributed by atoms with Crippen LogP contribution in [0.4, 0.5) is 0 Å². The monoisotopic (exact) mass is 356 g/mol. The third-order valence-electron chi connectivity index (χ3n) is 4.44. The number of carbonyl (C=O) groups is 2. The highest BCUT2D eigenvalue weighted by molar-refractivity contribution is 5.89. The van der Waals surface area contributed by atoms with E-state index in [1.54, 1.807) is 0 Å². The Morgan fingerprint density at radius 1 is 0.640 bits per heavy atom. The van der Waals surface area contributed by atoms with Crippen molar-refractivity contribution in [2.24, 2.45) is 0 Å². The third-order valence-corrected chi connectivity index (χ3v) is 4.44. The van der Waals surface area contributed by atoms with Crippen molar-refractivity contribution in [3.63, 3.8) is 0 Å². The Morgan fingerprint density at radius 2 is 1.00 bits per heavy atom. The van der Waals surface area contributed by atoms with Crippen LogP contribution in [0, 0.1) is 0 Å². The van der Waals surface area contributed by atoms with Gasteiger partial charge >= 0.3 is 11.9 Å². The summed E-state index contributed by atoms with van der Waals surface area (Å²) >= 11 is 0. The summed E-state index contributed by atoms with van der Waals surface area (Å²) in [6.07, 6.45) is 12.2. The summed E-state index contributed by atoms with van der Waals surface area (Å²) in [7, 11) is 0. The summed E-state index contributed by atoms with van der Waals surface area (Å²) in [5.74, 6) is -0.870. The molecule has 1 fully saturated rings. The fourth-order valence-corrected chi connectivity index (χ4v) is 2.75. The van der Waals surface area contributed by atoms with Crippen molar-refractivity contribution in [1.29, 1.82) is 0 Å². The fourth-order valence-electron chi connectivity index (χ4n) is 2.75. The summed E-state index contributed by atoms with van der Waals surface area (Å²) in [6, 6.07) is 0. The van der Waals surface area contributed by atoms with Crippen LogP contribution in [0.25, 0.3) is 0 Å². The first-order valence-electron chi connectivity index (χ1n) is 10.2. The van der Waals surface area contributed by atoms with Gasteiger partial charge in [0.15, 0.2) is 12.2 Å². The van der Waals surface area contributed by atoms with Crippen LogP contribution in [0.15, 0.2) is 0 Å². The molecule has 5 heteroatoms. The second-order valence-corrected chi connectivity index (χ2v) is 6.85. The molecule has 0 N–H and O–H groups in total. The van der Waals surface area contributed by atoms with E-state index in [0.29, 0.717) is 13.2 Å². The second-order valence-electron chi connectivity index (χ2n) is 6.85. The number of hydrogen-bond acceptors (Lipinski definition) is 5. The molecule has 146 valence electrons. The lowest BCUT2D eigenvalue weighted by Crippen LogP contribution is -2.21. The molecular weight excluding hydrogens is 320 g/mol. The van der Waals surface area contributed by atoms with Crippen molar-refractivity contribution in [3.8, 4) is 0 Å². The van der Waals surface area contributed by atoms with Gasteiger partial charge in [-0.3, -0.25) is 0 Å². The quantitative estimate of drug-likeness (QED) is 0.230. The van der Waals surface area contributed by atoms with Crippen LogP contribution < -0.4 is 0 Å². The first-order chi connectivity index (χ1) is 12.2. The molecule has 0 aliphatic carbocycles. The smallest absolute Gasteiger partial charge is 0.338 e. The van der Waals surface area contributed by atoms with E-state index in [0.717, 1.165) is 25.7 Å². The molecule has 0 aromatic carbocycles. The lowest BCUT2D eigenvalue weighted by Gasteiger charge is -2.04. The zero-order chi connectivity index (χ0) is 18.3. The molecule has 1 aliphatic heterocycles. The van der Waals surface area contributed by atoms with Gasteiger partial charge in [-0.05, 0) is 12.8 Å². The summed E-state index contributed by atoms with van der Waals surface area (Å²) in [6.45, 7) is 5.19. The molecule has 1 rings (SSSR count). The number of ether oxygens (including phenoxy) is 3. The molecule has 5 nitrogen and oxygen atoms in total. The summed E-state index contributed by atoms with van der Waals surface area (Å²) in [4.78, 5) is 23.6. The minimum Gasteiger partial charge on any atom is -0.464 e. The molecule has 0 bridgehead atoms. The van der Waals surface area contributed by atoms with Crippen molar-refractivity contribution in [2.45, 2.75) is 103 Å². The Bertz CT molecular complexity index is 335. The SMILES string of the molecule is CCCCCCCCOC(=O)[C@@H]1O[C@H]1C(=O)OCCCCCCCC. The molecule has 1 heterocycles. The maximum atomic E-state index is 11.8. The van der Waals surface area contributed by atoms with E-state index >= 15 is 0 Å². The van der Waals surface area contributed by atoms with Crippen LogP contribution >= 0.6 is 0 Å². The Balaban J connectivity index is 1.96. The molecule has 25 heavy (non-hydrogen) atoms. The maximum Gasteiger partial charge on any atom is 0.338 e. The third kappa shape index (κ3) is 10.5. The van der Waals surface area contributed by atoms with Gasteiger partial charge in [0.25, 0.3) is 0 Å². The van der Waals surface area contributed by atoms with Gasteiger partial charge in [-0.1, -0.05) is 78.1 Å². The van der Waals surface area contributed by atoms with Gasteiger partial charge in [0.2, 0.25) is 0 Å². The number of esters is 2. The zero-order valence-corrected chi connectivity index (χ0v) is 16.1. The van der Waals surface area contributed by atoms with Crippen LogP contribution in [-0.4, -0.2) is 37.4 Å². The van der Waals surface area contributed by atoms with Crippen molar-refractivity contribution in [2.75, 3.05) is 13.2 Å². The standard InChI is InChI=1S/C20H36O5/c1-3-5-7-9-11-13-15-23-19(21)17-18(25-17)20(22)24-16-14-12-10-8-6-4-2/h17-18H,3-16H2,1-2H3/t17-,18-/m1/s1. The van der Waals surface area contributed by atoms with Crippen molar-refractivity contribution in [1.82, 2.24) is 0 Å². The molecule has 0 unspecified atom stereocenters. The van der Waals surface area contributed by atoms with Gasteiger partial charge in [-0.25, -0.2) is 9.59 Å². The van der Waals surface area contributed by atoms with Gasteiger partial charge in [-0.15, -0.1) is 0 Å². The second kappa shape index (κ2) is 14.1. The van der Waals surface area contributed by atoms with E-state index in [1.807, 2.05) is 0 Å². The minimum atomic E-state index is -0.753. The van der Waals surface area contributed by atoms with Crippen LogP contribution in [0.3, 0.4) is 0 Å². The van der Waals surface area contributed by atoms with E-state index in [9.17, 15) is 9.59 Å². The predicted octanol–water partition coefficient (Wildman–Crippen LogP) is 4.56. The lowest BCUT2D eigenvalue weighted by atomic mass is 10.1. The highest BCUT2D eigenvalue weighted by Gasteiger charge is 2.52. The average molecular weight is 357 g/mol. The van der Waals surface area contributed by atoms with Gasteiger partial charge in [0.1, 0.15) is 0 Å². The number of hydrogen-bond donors (Lipinski definition) is 0. The number of epoxide rings is 1. The lowest BCUT2D eigenvalue weighted by molar-refractivity contribution is -0.147. The first kappa shape index (κ1) is 21.9. The molecule has 0 amide bonds. The highest BCUT2D eigenvalue weighted by atomic mass is 16.7. The topological polar surface area (TPSA) is 65.1 Å². The van der Waals surface area contributed by atoms with E-state index in [4.69, 9.17) is 14.2 Å². The zero-order valence-electron chi connectivity index (χ0n) is 16.1. The minimum absolute atomic E-state index is 0.407. The normalized spacial score (nSPS) is 18.8. The first-order valence-corrected chi connectivity index (χ1v) is 10.2. The van der Waals surface area contributed by atoms with Crippen LogP contribution in [-0.2, 0) is 23.8 Å². The molecule has 0 saturated carbocycles. The molecule has 2 atom stereocenters. The van der Waals surface area contributed by atoms with E-state index < -0.39 is 24.1 Å². The van der Waals surface area contributed by atoms with Crippen LogP contribution in [0.2, 0.25) is 0 Å². The van der Waals surface area contributed by atoms with Crippen molar-refractivity contribution in [3.05, 3.63) is 0 Å². The van der Waals surface area contributed by atoms with Crippen molar-refractivity contribution >= 4 is 11.9 Å². The number of rotatable bonds is 16. The Morgan fingerprint density at radius 3 is 1.40 bits per heavy atom. The molecule has 0 spiro atoms. The summed E-state index contributed by atoms with van der Waals surface area (Å²) in [5.41, 5.74) is 0. The number of unbranched alkanes of at least 4 members (excludes halogenated alkanes) is 10. The molecule has 0 aromatic heterocycles. The van der Waals surface area contributed by atoms with Crippen molar-refractivity contribution < 1.29 is 23.8 Å². The Hall–Kier alpha value is -1.10. The van der Waals surface area contributed by atoms with Gasteiger partial charge in [-0.2, -0.15) is 0 Å². The molecule has 1 aliphatic rings. The van der Waals surface area contributed by atoms with Gasteiger partial charge in [0.05, 0.1) is 13.2 Å². The van der Waals surface area contributed by atoms with Gasteiger partial charge in [0, 0.05) is 0 Å². The Kier molecular flexibility index (Phi) is 12.4. The molecule has 0 aromatic rings. The van der Waals surface area contributed by atoms with E-state index in [2.05, 4.69) is 13.8 Å². The maximum absolute atomic E-state index is 11.8. The molecule has 1 saturated heterocycles.